The summed E-state index contributed by atoms with van der Waals surface area (Å²) in [6.45, 7) is 5.12. The van der Waals surface area contributed by atoms with Gasteiger partial charge in [0.1, 0.15) is 5.82 Å². The first-order valence-corrected chi connectivity index (χ1v) is 6.61. The molecule has 1 fully saturated rings. The third-order valence-corrected chi connectivity index (χ3v) is 3.52. The van der Waals surface area contributed by atoms with Crippen molar-refractivity contribution in [2.75, 3.05) is 24.1 Å². The first kappa shape index (κ1) is 13.0. The molecule has 3 rings (SSSR count). The lowest BCUT2D eigenvalue weighted by atomic mass is 10.1. The van der Waals surface area contributed by atoms with E-state index < -0.39 is 6.10 Å². The zero-order valence-corrected chi connectivity index (χ0v) is 11.5. The molecule has 1 saturated heterocycles. The Morgan fingerprint density at radius 3 is 2.80 bits per heavy atom. The van der Waals surface area contributed by atoms with E-state index in [4.69, 9.17) is 5.73 Å². The number of β-amino-alcohol motifs (C(OH)–C–C–N with tert-alkyl or cyclic N) is 1. The van der Waals surface area contributed by atoms with Crippen LogP contribution in [0.4, 0.5) is 11.8 Å². The molecule has 0 aliphatic carbocycles. The molecule has 2 unspecified atom stereocenters. The molecule has 0 saturated carbocycles. The largest absolute Gasteiger partial charge is 0.390 e. The average molecular weight is 274 g/mol. The number of nitrogens with two attached hydrogens (primary N) is 1. The molecule has 5 N–H and O–H groups in total. The fourth-order valence-electron chi connectivity index (χ4n) is 2.55. The Balaban J connectivity index is 2.01. The van der Waals surface area contributed by atoms with Gasteiger partial charge < -0.3 is 21.5 Å². The third kappa shape index (κ3) is 2.25. The Kier molecular flexibility index (Phi) is 3.15. The second-order valence-electron chi connectivity index (χ2n) is 5.19. The van der Waals surface area contributed by atoms with Crippen LogP contribution in [0, 0.1) is 13.8 Å². The van der Waals surface area contributed by atoms with Gasteiger partial charge in [-0.05, 0) is 25.5 Å². The lowest BCUT2D eigenvalue weighted by Gasteiger charge is -2.16. The van der Waals surface area contributed by atoms with Gasteiger partial charge in [0.15, 0.2) is 5.65 Å². The lowest BCUT2D eigenvalue weighted by Crippen LogP contribution is -2.32. The number of aromatic nitrogens is 3. The van der Waals surface area contributed by atoms with Crippen molar-refractivity contribution in [3.63, 3.8) is 0 Å². The number of aryl methyl sites for hydroxylation is 2. The molecule has 1 aliphatic heterocycles. The zero-order valence-electron chi connectivity index (χ0n) is 11.5. The summed E-state index contributed by atoms with van der Waals surface area (Å²) < 4.78 is 0. The first-order valence-electron chi connectivity index (χ1n) is 6.61. The summed E-state index contributed by atoms with van der Waals surface area (Å²) >= 11 is 0. The minimum Gasteiger partial charge on any atom is -0.390 e. The Hall–Kier alpha value is -1.99. The fraction of sp³-hybridized carbons (Fsp3) is 0.462. The van der Waals surface area contributed by atoms with Crippen LogP contribution in [-0.4, -0.2) is 45.3 Å². The van der Waals surface area contributed by atoms with Gasteiger partial charge in [0, 0.05) is 18.8 Å². The van der Waals surface area contributed by atoms with E-state index in [0.717, 1.165) is 16.6 Å². The van der Waals surface area contributed by atoms with Gasteiger partial charge in [-0.1, -0.05) is 0 Å². The summed E-state index contributed by atoms with van der Waals surface area (Å²) in [6.07, 6.45) is -0.456. The van der Waals surface area contributed by atoms with E-state index in [1.54, 1.807) is 0 Å². The normalized spacial score (nSPS) is 22.4. The van der Waals surface area contributed by atoms with Crippen LogP contribution in [0.1, 0.15) is 11.3 Å². The summed E-state index contributed by atoms with van der Waals surface area (Å²) in [6, 6.07) is 1.84. The molecule has 0 bridgehead atoms. The van der Waals surface area contributed by atoms with Crippen molar-refractivity contribution in [3.8, 4) is 0 Å². The predicted octanol–water partition coefficient (Wildman–Crippen LogP) is -0.0316. The van der Waals surface area contributed by atoms with Gasteiger partial charge >= 0.3 is 0 Å². The molecular formula is C13H18N6O. The maximum atomic E-state index is 9.79. The van der Waals surface area contributed by atoms with E-state index in [9.17, 15) is 5.11 Å². The van der Waals surface area contributed by atoms with Crippen LogP contribution in [0.25, 0.3) is 11.0 Å². The van der Waals surface area contributed by atoms with Gasteiger partial charge in [0.2, 0.25) is 5.95 Å². The number of nitrogens with zero attached hydrogens (tertiary/aromatic N) is 3. The zero-order chi connectivity index (χ0) is 14.3. The monoisotopic (exact) mass is 274 g/mol. The first-order chi connectivity index (χ1) is 9.54. The van der Waals surface area contributed by atoms with Gasteiger partial charge in [-0.15, -0.1) is 0 Å². The number of nitrogen functional groups attached to an aromatic ring is 1. The molecule has 1 aliphatic rings. The van der Waals surface area contributed by atoms with Crippen LogP contribution in [0.15, 0.2) is 6.07 Å². The van der Waals surface area contributed by atoms with Crippen molar-refractivity contribution >= 4 is 22.8 Å². The second-order valence-corrected chi connectivity index (χ2v) is 5.19. The van der Waals surface area contributed by atoms with Gasteiger partial charge in [0.05, 0.1) is 17.5 Å². The molecule has 0 amide bonds. The molecule has 106 valence electrons. The predicted molar refractivity (Wildman–Crippen MR) is 77.5 cm³/mol. The lowest BCUT2D eigenvalue weighted by molar-refractivity contribution is 0.185. The highest BCUT2D eigenvalue weighted by molar-refractivity contribution is 5.89. The number of aliphatic hydroxyl groups excluding tert-OH is 1. The Bertz CT molecular complexity index is 659. The summed E-state index contributed by atoms with van der Waals surface area (Å²) in [5.41, 5.74) is 8.49. The van der Waals surface area contributed by atoms with Crippen molar-refractivity contribution in [2.45, 2.75) is 26.0 Å². The Morgan fingerprint density at radius 2 is 2.10 bits per heavy atom. The number of rotatable bonds is 2. The number of nitrogens with one attached hydrogen (secondary N) is 2. The molecule has 0 aromatic carbocycles. The molecule has 7 nitrogen and oxygen atoms in total. The molecule has 2 aromatic rings. The molecule has 3 heterocycles. The molecule has 7 heteroatoms. The van der Waals surface area contributed by atoms with Crippen LogP contribution >= 0.6 is 0 Å². The number of hydrogen-bond donors (Lipinski definition) is 4. The summed E-state index contributed by atoms with van der Waals surface area (Å²) in [5.74, 6) is 0.809. The fourth-order valence-corrected chi connectivity index (χ4v) is 2.55. The van der Waals surface area contributed by atoms with Gasteiger partial charge in [0.25, 0.3) is 0 Å². The maximum absolute atomic E-state index is 9.79. The van der Waals surface area contributed by atoms with Crippen LogP contribution < -0.4 is 16.4 Å². The number of anilines is 2. The van der Waals surface area contributed by atoms with Crippen molar-refractivity contribution in [1.29, 1.82) is 0 Å². The maximum Gasteiger partial charge on any atom is 0.227 e. The van der Waals surface area contributed by atoms with Gasteiger partial charge in [-0.25, -0.2) is 4.98 Å². The Labute approximate surface area is 116 Å². The molecular weight excluding hydrogens is 256 g/mol. The summed E-state index contributed by atoms with van der Waals surface area (Å²) in [5, 5.41) is 16.8. The van der Waals surface area contributed by atoms with E-state index in [-0.39, 0.29) is 6.04 Å². The highest BCUT2D eigenvalue weighted by atomic mass is 16.3. The van der Waals surface area contributed by atoms with Gasteiger partial charge in [-0.3, -0.25) is 0 Å². The van der Waals surface area contributed by atoms with Crippen molar-refractivity contribution in [3.05, 3.63) is 17.3 Å². The van der Waals surface area contributed by atoms with E-state index in [2.05, 4.69) is 25.6 Å². The smallest absolute Gasteiger partial charge is 0.227 e. The standard InChI is InChI=1S/C13H18N6O/c1-6-3-7(2)16-12-10(6)11(14)18-13(19-12)17-8-4-15-5-9(8)20/h3,8-9,15,20H,4-5H2,1-2H3,(H3,14,16,17,18,19). The van der Waals surface area contributed by atoms with Gasteiger partial charge in [-0.2, -0.15) is 9.97 Å². The number of aliphatic hydroxyl groups is 1. The number of fused-ring (bicyclic) bond motifs is 1. The van der Waals surface area contributed by atoms with E-state index in [1.807, 2.05) is 19.9 Å². The quantitative estimate of drug-likeness (QED) is 0.608. The third-order valence-electron chi connectivity index (χ3n) is 3.52. The average Bonchev–Trinajstić information content (AvgIpc) is 2.73. The number of pyridine rings is 1. The molecule has 2 aromatic heterocycles. The van der Waals surface area contributed by atoms with Crippen LogP contribution in [0.3, 0.4) is 0 Å². The van der Waals surface area contributed by atoms with E-state index >= 15 is 0 Å². The highest BCUT2D eigenvalue weighted by Gasteiger charge is 2.25. The molecule has 20 heavy (non-hydrogen) atoms. The van der Waals surface area contributed by atoms with Crippen molar-refractivity contribution < 1.29 is 5.11 Å². The van der Waals surface area contributed by atoms with Crippen LogP contribution in [0.5, 0.6) is 0 Å². The van der Waals surface area contributed by atoms with Crippen LogP contribution in [0.2, 0.25) is 0 Å². The molecule has 0 spiro atoms. The van der Waals surface area contributed by atoms with E-state index in [1.165, 1.54) is 0 Å². The van der Waals surface area contributed by atoms with Crippen molar-refractivity contribution in [2.24, 2.45) is 0 Å². The van der Waals surface area contributed by atoms with E-state index in [0.29, 0.717) is 30.5 Å². The topological polar surface area (TPSA) is 109 Å². The SMILES string of the molecule is Cc1cc(C)c2c(N)nc(NC3CNCC3O)nc2n1. The molecule has 0 radical (unpaired) electrons. The summed E-state index contributed by atoms with van der Waals surface area (Å²) in [4.78, 5) is 13.1. The highest BCUT2D eigenvalue weighted by Crippen LogP contribution is 2.23. The van der Waals surface area contributed by atoms with Crippen molar-refractivity contribution in [1.82, 2.24) is 20.3 Å². The van der Waals surface area contributed by atoms with Crippen LogP contribution in [-0.2, 0) is 0 Å². The molecule has 2 atom stereocenters. The minimum atomic E-state index is -0.456. The Morgan fingerprint density at radius 1 is 1.30 bits per heavy atom. The number of hydrogen-bond acceptors (Lipinski definition) is 7. The minimum absolute atomic E-state index is 0.113. The summed E-state index contributed by atoms with van der Waals surface area (Å²) in [7, 11) is 0. The second kappa shape index (κ2) is 4.84.